The first-order valence-corrected chi connectivity index (χ1v) is 11.8. The maximum absolute atomic E-state index is 5.92. The fraction of sp³-hybridized carbons (Fsp3) is 0.125. The zero-order valence-corrected chi connectivity index (χ0v) is 18.8. The SMILES string of the molecule is NC1CN(c2cncc(-c3cc4c(-c5cc6c(-c7ccsc7)nccc6[nH]5)n[nH]c4cn3)n2)C1. The number of nitrogens with one attached hydrogen (secondary N) is 2. The van der Waals surface area contributed by atoms with Crippen LogP contribution in [0.4, 0.5) is 5.82 Å². The van der Waals surface area contributed by atoms with Crippen molar-refractivity contribution in [3.8, 4) is 34.0 Å². The summed E-state index contributed by atoms with van der Waals surface area (Å²) in [5, 5.41) is 13.9. The molecule has 166 valence electrons. The summed E-state index contributed by atoms with van der Waals surface area (Å²) < 4.78 is 0. The predicted molar refractivity (Wildman–Crippen MR) is 134 cm³/mol. The Hall–Kier alpha value is -4.15. The van der Waals surface area contributed by atoms with Gasteiger partial charge in [0, 0.05) is 52.6 Å². The summed E-state index contributed by atoms with van der Waals surface area (Å²) in [5.41, 5.74) is 13.1. The van der Waals surface area contributed by atoms with Gasteiger partial charge in [-0.25, -0.2) is 4.98 Å². The number of aromatic amines is 2. The van der Waals surface area contributed by atoms with Crippen molar-refractivity contribution in [3.05, 3.63) is 59.8 Å². The van der Waals surface area contributed by atoms with E-state index in [1.165, 1.54) is 0 Å². The predicted octanol–water partition coefficient (Wildman–Crippen LogP) is 3.83. The topological polar surface area (TPSA) is 125 Å². The molecule has 0 saturated carbocycles. The Balaban J connectivity index is 1.31. The summed E-state index contributed by atoms with van der Waals surface area (Å²) in [6.07, 6.45) is 7.12. The molecule has 1 fully saturated rings. The molecule has 0 spiro atoms. The van der Waals surface area contributed by atoms with Crippen LogP contribution < -0.4 is 10.6 Å². The van der Waals surface area contributed by atoms with Crippen molar-refractivity contribution in [3.63, 3.8) is 0 Å². The Morgan fingerprint density at radius 2 is 1.88 bits per heavy atom. The number of hydrogen-bond donors (Lipinski definition) is 3. The number of hydrogen-bond acceptors (Lipinski definition) is 8. The van der Waals surface area contributed by atoms with Gasteiger partial charge < -0.3 is 15.6 Å². The van der Waals surface area contributed by atoms with E-state index in [4.69, 9.17) is 10.7 Å². The first kappa shape index (κ1) is 19.3. The highest BCUT2D eigenvalue weighted by Gasteiger charge is 2.25. The van der Waals surface area contributed by atoms with E-state index in [1.54, 1.807) is 29.9 Å². The van der Waals surface area contributed by atoms with Gasteiger partial charge >= 0.3 is 0 Å². The number of pyridine rings is 2. The zero-order chi connectivity index (χ0) is 22.6. The summed E-state index contributed by atoms with van der Waals surface area (Å²) in [7, 11) is 0. The Morgan fingerprint density at radius 1 is 0.971 bits per heavy atom. The van der Waals surface area contributed by atoms with E-state index >= 15 is 0 Å². The van der Waals surface area contributed by atoms with Gasteiger partial charge in [-0.1, -0.05) is 0 Å². The van der Waals surface area contributed by atoms with Gasteiger partial charge in [-0.3, -0.25) is 20.1 Å². The van der Waals surface area contributed by atoms with E-state index in [0.29, 0.717) is 5.69 Å². The second kappa shape index (κ2) is 7.44. The molecule has 10 heteroatoms. The third-order valence-corrected chi connectivity index (χ3v) is 6.85. The quantitative estimate of drug-likeness (QED) is 0.361. The number of nitrogens with zero attached hydrogens (tertiary/aromatic N) is 6. The summed E-state index contributed by atoms with van der Waals surface area (Å²) >= 11 is 1.66. The average molecular weight is 466 g/mol. The molecule has 4 N–H and O–H groups in total. The Labute approximate surface area is 197 Å². The minimum Gasteiger partial charge on any atom is -0.353 e. The van der Waals surface area contributed by atoms with Gasteiger partial charge in [0.1, 0.15) is 17.2 Å². The van der Waals surface area contributed by atoms with Crippen molar-refractivity contribution >= 4 is 39.0 Å². The summed E-state index contributed by atoms with van der Waals surface area (Å²) in [6.45, 7) is 1.58. The molecule has 0 unspecified atom stereocenters. The van der Waals surface area contributed by atoms with Gasteiger partial charge in [-0.2, -0.15) is 16.4 Å². The Kier molecular flexibility index (Phi) is 4.23. The molecule has 6 aromatic rings. The van der Waals surface area contributed by atoms with Crippen LogP contribution in [0.1, 0.15) is 0 Å². The van der Waals surface area contributed by atoms with E-state index in [9.17, 15) is 0 Å². The molecule has 9 nitrogen and oxygen atoms in total. The number of fused-ring (bicyclic) bond motifs is 2. The minimum absolute atomic E-state index is 0.195. The van der Waals surface area contributed by atoms with Crippen LogP contribution in [0, 0.1) is 0 Å². The van der Waals surface area contributed by atoms with Crippen molar-refractivity contribution in [2.45, 2.75) is 6.04 Å². The zero-order valence-electron chi connectivity index (χ0n) is 17.9. The molecule has 7 rings (SSSR count). The van der Waals surface area contributed by atoms with Crippen molar-refractivity contribution < 1.29 is 0 Å². The fourth-order valence-corrected chi connectivity index (χ4v) is 5.04. The summed E-state index contributed by atoms with van der Waals surface area (Å²) in [6, 6.07) is 8.38. The molecule has 34 heavy (non-hydrogen) atoms. The molecule has 0 amide bonds. The molecular formula is C24H19N9S. The Bertz CT molecular complexity index is 1640. The Morgan fingerprint density at radius 3 is 2.74 bits per heavy atom. The summed E-state index contributed by atoms with van der Waals surface area (Å²) in [5.74, 6) is 0.817. The third-order valence-electron chi connectivity index (χ3n) is 6.16. The molecule has 7 heterocycles. The van der Waals surface area contributed by atoms with Crippen LogP contribution in [-0.4, -0.2) is 54.2 Å². The molecule has 0 aromatic carbocycles. The van der Waals surface area contributed by atoms with Crippen LogP contribution in [0.15, 0.2) is 59.8 Å². The second-order valence-corrected chi connectivity index (χ2v) is 9.21. The lowest BCUT2D eigenvalue weighted by atomic mass is 10.1. The lowest BCUT2D eigenvalue weighted by Crippen LogP contribution is -2.56. The monoisotopic (exact) mass is 465 g/mol. The second-order valence-electron chi connectivity index (χ2n) is 8.43. The van der Waals surface area contributed by atoms with Crippen LogP contribution in [0.5, 0.6) is 0 Å². The van der Waals surface area contributed by atoms with Crippen LogP contribution in [-0.2, 0) is 0 Å². The van der Waals surface area contributed by atoms with E-state index in [2.05, 4.69) is 57.9 Å². The molecule has 6 aromatic heterocycles. The number of rotatable bonds is 4. The van der Waals surface area contributed by atoms with E-state index in [0.717, 1.165) is 69.1 Å². The number of thiophene rings is 1. The van der Waals surface area contributed by atoms with Gasteiger partial charge in [0.15, 0.2) is 0 Å². The molecule has 0 aliphatic carbocycles. The van der Waals surface area contributed by atoms with Gasteiger partial charge in [0.05, 0.1) is 41.2 Å². The van der Waals surface area contributed by atoms with Gasteiger partial charge in [-0.05, 0) is 29.6 Å². The van der Waals surface area contributed by atoms with Crippen molar-refractivity contribution in [2.75, 3.05) is 18.0 Å². The number of nitrogens with two attached hydrogens (primary N) is 1. The maximum Gasteiger partial charge on any atom is 0.147 e. The molecule has 1 aliphatic heterocycles. The number of aromatic nitrogens is 7. The molecular weight excluding hydrogens is 446 g/mol. The standard InChI is InChI=1S/C24H19N9S/c25-14-10-33(11-14)22-9-26-7-21(30-22)18-5-16-20(8-28-18)31-32-24(16)19-6-15-17(29-19)1-3-27-23(15)13-2-4-34-12-13/h1-9,12,14,29H,10-11,25H2,(H,31,32). The molecule has 0 radical (unpaired) electrons. The molecule has 0 atom stereocenters. The highest BCUT2D eigenvalue weighted by molar-refractivity contribution is 7.08. The van der Waals surface area contributed by atoms with Crippen molar-refractivity contribution in [1.29, 1.82) is 0 Å². The maximum atomic E-state index is 5.92. The first-order chi connectivity index (χ1) is 16.7. The number of anilines is 1. The van der Waals surface area contributed by atoms with Crippen LogP contribution in [0.2, 0.25) is 0 Å². The average Bonchev–Trinajstić information content (AvgIpc) is 3.60. The molecule has 0 bridgehead atoms. The lowest BCUT2D eigenvalue weighted by Gasteiger charge is -2.37. The van der Waals surface area contributed by atoms with E-state index in [-0.39, 0.29) is 6.04 Å². The molecule has 1 saturated heterocycles. The van der Waals surface area contributed by atoms with Gasteiger partial charge in [0.25, 0.3) is 0 Å². The van der Waals surface area contributed by atoms with Gasteiger partial charge in [0.2, 0.25) is 0 Å². The lowest BCUT2D eigenvalue weighted by molar-refractivity contribution is 0.514. The fourth-order valence-electron chi connectivity index (χ4n) is 4.40. The van der Waals surface area contributed by atoms with Crippen LogP contribution in [0.3, 0.4) is 0 Å². The van der Waals surface area contributed by atoms with Crippen LogP contribution in [0.25, 0.3) is 55.8 Å². The first-order valence-electron chi connectivity index (χ1n) is 10.9. The van der Waals surface area contributed by atoms with E-state index < -0.39 is 0 Å². The van der Waals surface area contributed by atoms with Crippen molar-refractivity contribution in [1.82, 2.24) is 35.1 Å². The summed E-state index contributed by atoms with van der Waals surface area (Å²) in [4.78, 5) is 24.0. The van der Waals surface area contributed by atoms with Crippen LogP contribution >= 0.6 is 11.3 Å². The normalized spacial score (nSPS) is 14.2. The van der Waals surface area contributed by atoms with Crippen molar-refractivity contribution in [2.24, 2.45) is 5.73 Å². The van der Waals surface area contributed by atoms with E-state index in [1.807, 2.05) is 18.3 Å². The smallest absolute Gasteiger partial charge is 0.147 e. The highest BCUT2D eigenvalue weighted by atomic mass is 32.1. The third kappa shape index (κ3) is 3.07. The minimum atomic E-state index is 0.195. The molecule has 1 aliphatic rings. The van der Waals surface area contributed by atoms with Gasteiger partial charge in [-0.15, -0.1) is 0 Å². The largest absolute Gasteiger partial charge is 0.353 e. The number of H-pyrrole nitrogens is 2. The highest BCUT2D eigenvalue weighted by Crippen LogP contribution is 2.34.